The number of aromatic nitrogens is 3. The molecular weight excluding hydrogens is 430 g/mol. The summed E-state index contributed by atoms with van der Waals surface area (Å²) in [6.45, 7) is 0. The summed E-state index contributed by atoms with van der Waals surface area (Å²) in [5, 5.41) is 0. The third kappa shape index (κ3) is 49.5. The Morgan fingerprint density at radius 1 is 0.591 bits per heavy atom. The third-order valence-corrected chi connectivity index (χ3v) is 0.687. The second-order valence-electron chi connectivity index (χ2n) is 2.30. The molecule has 1 rings (SSSR count). The van der Waals surface area contributed by atoms with Crippen molar-refractivity contribution in [3.05, 3.63) is 0 Å². The third-order valence-electron chi connectivity index (χ3n) is 0.687. The van der Waals surface area contributed by atoms with Crippen molar-refractivity contribution in [3.63, 3.8) is 0 Å². The van der Waals surface area contributed by atoms with E-state index < -0.39 is 15.6 Å². The van der Waals surface area contributed by atoms with Crippen LogP contribution in [0.25, 0.3) is 0 Å². The molecule has 0 fully saturated rings. The molecule has 1 aromatic rings. The smallest absolute Gasteiger partial charge is 0.822 e. The zero-order valence-electron chi connectivity index (χ0n) is 10.9. The van der Waals surface area contributed by atoms with E-state index in [1.54, 1.807) is 0 Å². The first-order valence-corrected chi connectivity index (χ1v) is 6.59. The van der Waals surface area contributed by atoms with Crippen LogP contribution in [-0.2, 0) is 9.13 Å². The average Bonchev–Trinajstić information content (AvgIpc) is 1.91. The monoisotopic (exact) mass is 436 g/mol. The molecule has 0 atom stereocenters. The molecule has 0 unspecified atom stereocenters. The van der Waals surface area contributed by atoms with Crippen LogP contribution in [0.15, 0.2) is 0 Å². The Kier molecular flexibility index (Phi) is 27.2. The molecule has 0 amide bonds. The predicted octanol–water partition coefficient (Wildman–Crippen LogP) is -8.17. The minimum atomic E-state index is -5.39. The fourth-order valence-corrected chi connectivity index (χ4v) is 0.427. The molecular formula is C3H6Ca3N6O8P2. The largest absolute Gasteiger partial charge is 2.00 e. The maximum atomic E-state index is 8.55. The van der Waals surface area contributed by atoms with Crippen molar-refractivity contribution in [1.82, 2.24) is 15.0 Å². The van der Waals surface area contributed by atoms with E-state index in [1.165, 1.54) is 0 Å². The number of hydrogen-bond acceptors (Lipinski definition) is 14. The van der Waals surface area contributed by atoms with Crippen molar-refractivity contribution in [1.29, 1.82) is 0 Å². The van der Waals surface area contributed by atoms with Gasteiger partial charge in [0, 0.05) is 0 Å². The summed E-state index contributed by atoms with van der Waals surface area (Å²) >= 11 is 0. The SMILES string of the molecule is Nc1nc(N)nc(N)n1.O=P([O-])([O-])[O-].O=P([O-])([O-])[O-].[Ca+2].[Ca+2].[Ca+2]. The van der Waals surface area contributed by atoms with Gasteiger partial charge in [-0.25, -0.2) is 0 Å². The molecule has 1 heterocycles. The van der Waals surface area contributed by atoms with E-state index in [-0.39, 0.29) is 131 Å². The first-order valence-electron chi connectivity index (χ1n) is 3.67. The van der Waals surface area contributed by atoms with Crippen LogP contribution in [0.4, 0.5) is 17.8 Å². The van der Waals surface area contributed by atoms with Gasteiger partial charge in [0.2, 0.25) is 17.8 Å². The van der Waals surface area contributed by atoms with E-state index in [2.05, 4.69) is 15.0 Å². The molecule has 14 nitrogen and oxygen atoms in total. The molecule has 0 aliphatic rings. The van der Waals surface area contributed by atoms with Gasteiger partial charge in [-0.05, 0) is 0 Å². The summed E-state index contributed by atoms with van der Waals surface area (Å²) in [6, 6.07) is 0. The Morgan fingerprint density at radius 3 is 0.773 bits per heavy atom. The van der Waals surface area contributed by atoms with Gasteiger partial charge < -0.3 is 55.7 Å². The van der Waals surface area contributed by atoms with Gasteiger partial charge in [0.1, 0.15) is 0 Å². The summed E-state index contributed by atoms with van der Waals surface area (Å²) in [6.07, 6.45) is 0. The van der Waals surface area contributed by atoms with E-state index in [0.29, 0.717) is 0 Å². The Bertz CT molecular complexity index is 409. The van der Waals surface area contributed by atoms with Crippen LogP contribution >= 0.6 is 15.6 Å². The number of anilines is 3. The van der Waals surface area contributed by atoms with Gasteiger partial charge in [-0.15, -0.1) is 0 Å². The minimum Gasteiger partial charge on any atom is -0.822 e. The van der Waals surface area contributed by atoms with Crippen LogP contribution in [0.5, 0.6) is 0 Å². The van der Waals surface area contributed by atoms with Crippen LogP contribution in [0, 0.1) is 0 Å². The molecule has 0 bridgehead atoms. The van der Waals surface area contributed by atoms with Crippen molar-refractivity contribution >= 4 is 147 Å². The van der Waals surface area contributed by atoms with Gasteiger partial charge in [-0.1, -0.05) is 0 Å². The minimum absolute atomic E-state index is 0. The van der Waals surface area contributed by atoms with E-state index >= 15 is 0 Å². The fraction of sp³-hybridized carbons (Fsp3) is 0. The van der Waals surface area contributed by atoms with Crippen LogP contribution in [0.3, 0.4) is 0 Å². The van der Waals surface area contributed by atoms with Crippen LogP contribution in [0.1, 0.15) is 0 Å². The summed E-state index contributed by atoms with van der Waals surface area (Å²) in [5.41, 5.74) is 15.4. The topological polar surface area (TPSA) is 289 Å². The molecule has 0 aliphatic heterocycles. The van der Waals surface area contributed by atoms with Crippen LogP contribution in [-0.4, -0.2) is 128 Å². The fourth-order valence-electron chi connectivity index (χ4n) is 0.427. The van der Waals surface area contributed by atoms with Crippen molar-refractivity contribution in [2.24, 2.45) is 0 Å². The van der Waals surface area contributed by atoms with E-state index in [1.807, 2.05) is 0 Å². The van der Waals surface area contributed by atoms with Crippen molar-refractivity contribution in [3.8, 4) is 0 Å². The van der Waals surface area contributed by atoms with E-state index in [0.717, 1.165) is 0 Å². The summed E-state index contributed by atoms with van der Waals surface area (Å²) in [4.78, 5) is 61.8. The summed E-state index contributed by atoms with van der Waals surface area (Å²) < 4.78 is 17.1. The van der Waals surface area contributed by atoms with Gasteiger partial charge >= 0.3 is 113 Å². The predicted molar refractivity (Wildman–Crippen MR) is 65.5 cm³/mol. The molecule has 0 radical (unpaired) electrons. The van der Waals surface area contributed by atoms with Gasteiger partial charge in [0.25, 0.3) is 0 Å². The Labute approximate surface area is 213 Å². The summed E-state index contributed by atoms with van der Waals surface area (Å²) in [7, 11) is -10.8. The first-order chi connectivity index (χ1) is 8.18. The maximum Gasteiger partial charge on any atom is 2.00 e. The van der Waals surface area contributed by atoms with Gasteiger partial charge in [-0.3, -0.25) is 0 Å². The molecule has 19 heteroatoms. The number of rotatable bonds is 0. The van der Waals surface area contributed by atoms with Gasteiger partial charge in [0.15, 0.2) is 0 Å². The zero-order valence-corrected chi connectivity index (χ0v) is 19.3. The number of nitrogens with two attached hydrogens (primary N) is 3. The number of nitrogen functional groups attached to an aromatic ring is 3. The Hall–Kier alpha value is 2.41. The number of nitrogens with zero attached hydrogens (tertiary/aromatic N) is 3. The molecule has 0 aliphatic carbocycles. The Balaban J connectivity index is -0.0000000659. The van der Waals surface area contributed by atoms with Gasteiger partial charge in [-0.2, -0.15) is 30.6 Å². The molecule has 0 saturated heterocycles. The molecule has 0 aromatic carbocycles. The zero-order chi connectivity index (χ0) is 15.9. The molecule has 0 saturated carbocycles. The normalized spacial score (nSPS) is 9.18. The van der Waals surface area contributed by atoms with E-state index in [9.17, 15) is 0 Å². The van der Waals surface area contributed by atoms with Crippen molar-refractivity contribution < 1.29 is 38.5 Å². The molecule has 1 aromatic heterocycles. The Morgan fingerprint density at radius 2 is 0.682 bits per heavy atom. The molecule has 6 N–H and O–H groups in total. The number of hydrogen-bond donors (Lipinski definition) is 3. The first kappa shape index (κ1) is 35.5. The van der Waals surface area contributed by atoms with Crippen molar-refractivity contribution in [2.75, 3.05) is 17.2 Å². The van der Waals surface area contributed by atoms with E-state index in [4.69, 9.17) is 55.7 Å². The van der Waals surface area contributed by atoms with Gasteiger partial charge in [0.05, 0.1) is 0 Å². The second-order valence-corrected chi connectivity index (χ2v) is 4.09. The quantitative estimate of drug-likeness (QED) is 0.251. The standard InChI is InChI=1S/C3H6N6.3Ca.2H3O4P/c4-1-7-2(5)9-3(6)8-1;;;;2*1-5(2,3)4/h(H6,4,5,6,7,8,9);;;;2*(H3,1,2,3,4)/q;3*+2;;/p-6. The molecule has 112 valence electrons. The van der Waals surface area contributed by atoms with Crippen LogP contribution < -0.4 is 46.6 Å². The van der Waals surface area contributed by atoms with Crippen LogP contribution in [0.2, 0.25) is 0 Å². The number of phosphoric acid groups is 2. The van der Waals surface area contributed by atoms with Crippen molar-refractivity contribution in [2.45, 2.75) is 0 Å². The molecule has 22 heavy (non-hydrogen) atoms. The molecule has 0 spiro atoms. The summed E-state index contributed by atoms with van der Waals surface area (Å²) in [5.74, 6) is 0.125. The average molecular weight is 436 g/mol. The maximum absolute atomic E-state index is 8.55. The second kappa shape index (κ2) is 16.9.